The minimum Gasteiger partial charge on any atom is -0.497 e. The third-order valence-corrected chi connectivity index (χ3v) is 3.97. The van der Waals surface area contributed by atoms with Gasteiger partial charge in [-0.1, -0.05) is 0 Å². The summed E-state index contributed by atoms with van der Waals surface area (Å²) in [6.07, 6.45) is 4.58. The number of rotatable bonds is 12. The molecule has 140 valence electrons. The van der Waals surface area contributed by atoms with Crippen molar-refractivity contribution in [2.24, 2.45) is 10.9 Å². The molecule has 1 aliphatic carbocycles. The van der Waals surface area contributed by atoms with Crippen molar-refractivity contribution < 1.29 is 14.2 Å². The van der Waals surface area contributed by atoms with Crippen LogP contribution < -0.4 is 20.1 Å². The molecule has 2 rings (SSSR count). The lowest BCUT2D eigenvalue weighted by Gasteiger charge is -2.12. The Kier molecular flexibility index (Phi) is 8.97. The van der Waals surface area contributed by atoms with Crippen LogP contribution in [-0.2, 0) is 4.74 Å². The van der Waals surface area contributed by atoms with E-state index in [9.17, 15) is 0 Å². The summed E-state index contributed by atoms with van der Waals surface area (Å²) in [4.78, 5) is 4.22. The smallest absolute Gasteiger partial charge is 0.190 e. The summed E-state index contributed by atoms with van der Waals surface area (Å²) >= 11 is 0. The zero-order valence-corrected chi connectivity index (χ0v) is 15.4. The Morgan fingerprint density at radius 1 is 1.04 bits per heavy atom. The molecule has 0 atom stereocenters. The molecule has 6 heteroatoms. The molecular weight excluding hydrogens is 318 g/mol. The molecule has 25 heavy (non-hydrogen) atoms. The van der Waals surface area contributed by atoms with Crippen LogP contribution in [0.2, 0.25) is 0 Å². The van der Waals surface area contributed by atoms with E-state index >= 15 is 0 Å². The van der Waals surface area contributed by atoms with E-state index in [0.29, 0.717) is 6.61 Å². The van der Waals surface area contributed by atoms with Crippen LogP contribution in [0.5, 0.6) is 11.5 Å². The fraction of sp³-hybridized carbons (Fsp3) is 0.632. The van der Waals surface area contributed by atoms with Gasteiger partial charge in [-0.2, -0.15) is 0 Å². The van der Waals surface area contributed by atoms with E-state index in [1.165, 1.54) is 12.8 Å². The lowest BCUT2D eigenvalue weighted by Crippen LogP contribution is -2.38. The first-order chi connectivity index (χ1) is 12.3. The standard InChI is InChI=1S/C19H31N3O3/c1-20-19(21-11-3-13-24-15-16-5-6-16)22-12-4-14-25-18-9-7-17(23-2)8-10-18/h7-10,16H,3-6,11-15H2,1-2H3,(H2,20,21,22). The molecule has 0 radical (unpaired) electrons. The SMILES string of the molecule is CN=C(NCCCOCC1CC1)NCCCOc1ccc(OC)cc1. The summed E-state index contributed by atoms with van der Waals surface area (Å²) in [5.74, 6) is 3.35. The zero-order chi connectivity index (χ0) is 17.7. The van der Waals surface area contributed by atoms with Crippen LogP contribution in [0.4, 0.5) is 0 Å². The predicted molar refractivity (Wildman–Crippen MR) is 101 cm³/mol. The van der Waals surface area contributed by atoms with Gasteiger partial charge in [0.15, 0.2) is 5.96 Å². The van der Waals surface area contributed by atoms with Gasteiger partial charge in [-0.25, -0.2) is 0 Å². The molecule has 1 aromatic carbocycles. The molecular formula is C19H31N3O3. The topological polar surface area (TPSA) is 64.1 Å². The van der Waals surface area contributed by atoms with Crippen LogP contribution >= 0.6 is 0 Å². The van der Waals surface area contributed by atoms with Crippen LogP contribution in [0.15, 0.2) is 29.3 Å². The highest BCUT2D eigenvalue weighted by molar-refractivity contribution is 5.79. The highest BCUT2D eigenvalue weighted by atomic mass is 16.5. The molecule has 0 saturated heterocycles. The van der Waals surface area contributed by atoms with Crippen LogP contribution in [0, 0.1) is 5.92 Å². The molecule has 0 amide bonds. The van der Waals surface area contributed by atoms with Crippen LogP contribution in [0.1, 0.15) is 25.7 Å². The molecule has 0 aliphatic heterocycles. The van der Waals surface area contributed by atoms with E-state index < -0.39 is 0 Å². The Morgan fingerprint density at radius 2 is 1.68 bits per heavy atom. The molecule has 1 saturated carbocycles. The number of guanidine groups is 1. The first-order valence-electron chi connectivity index (χ1n) is 9.11. The van der Waals surface area contributed by atoms with Crippen molar-refractivity contribution in [2.75, 3.05) is 47.1 Å². The van der Waals surface area contributed by atoms with E-state index in [1.54, 1.807) is 14.2 Å². The van der Waals surface area contributed by atoms with Crippen molar-refractivity contribution in [1.29, 1.82) is 0 Å². The number of hydrogen-bond acceptors (Lipinski definition) is 4. The van der Waals surface area contributed by atoms with Gasteiger partial charge in [0.1, 0.15) is 11.5 Å². The minimum atomic E-state index is 0.658. The van der Waals surface area contributed by atoms with Gasteiger partial charge in [0.25, 0.3) is 0 Å². The summed E-state index contributed by atoms with van der Waals surface area (Å²) in [6.45, 7) is 4.09. The van der Waals surface area contributed by atoms with Crippen molar-refractivity contribution in [2.45, 2.75) is 25.7 Å². The Hall–Kier alpha value is -1.95. The van der Waals surface area contributed by atoms with E-state index in [1.807, 2.05) is 24.3 Å². The molecule has 1 aliphatic rings. The van der Waals surface area contributed by atoms with Crippen molar-refractivity contribution in [1.82, 2.24) is 10.6 Å². The molecule has 1 aromatic rings. The molecule has 0 spiro atoms. The maximum atomic E-state index is 5.70. The Balaban J connectivity index is 1.45. The number of ether oxygens (including phenoxy) is 3. The lowest BCUT2D eigenvalue weighted by atomic mass is 10.3. The largest absolute Gasteiger partial charge is 0.497 e. The summed E-state index contributed by atoms with van der Waals surface area (Å²) in [5.41, 5.74) is 0. The molecule has 1 fully saturated rings. The van der Waals surface area contributed by atoms with E-state index in [4.69, 9.17) is 14.2 Å². The van der Waals surface area contributed by atoms with Gasteiger partial charge in [-0.15, -0.1) is 0 Å². The summed E-state index contributed by atoms with van der Waals surface area (Å²) in [5, 5.41) is 6.59. The van der Waals surface area contributed by atoms with Crippen LogP contribution in [0.3, 0.4) is 0 Å². The fourth-order valence-corrected chi connectivity index (χ4v) is 2.28. The molecule has 0 aromatic heterocycles. The first kappa shape index (κ1) is 19.4. The average molecular weight is 349 g/mol. The molecule has 2 N–H and O–H groups in total. The predicted octanol–water partition coefficient (Wildman–Crippen LogP) is 2.45. The Bertz CT molecular complexity index is 501. The normalized spacial score (nSPS) is 14.2. The number of nitrogens with zero attached hydrogens (tertiary/aromatic N) is 1. The van der Waals surface area contributed by atoms with Crippen LogP contribution in [0.25, 0.3) is 0 Å². The van der Waals surface area contributed by atoms with Crippen molar-refractivity contribution >= 4 is 5.96 Å². The molecule has 0 bridgehead atoms. The van der Waals surface area contributed by atoms with Crippen molar-refractivity contribution in [3.05, 3.63) is 24.3 Å². The van der Waals surface area contributed by atoms with Crippen molar-refractivity contribution in [3.63, 3.8) is 0 Å². The van der Waals surface area contributed by atoms with Gasteiger partial charge in [0, 0.05) is 33.4 Å². The highest BCUT2D eigenvalue weighted by Gasteiger charge is 2.20. The number of hydrogen-bond donors (Lipinski definition) is 2. The third kappa shape index (κ3) is 8.63. The summed E-state index contributed by atoms with van der Waals surface area (Å²) < 4.78 is 16.4. The second kappa shape index (κ2) is 11.6. The fourth-order valence-electron chi connectivity index (χ4n) is 2.28. The average Bonchev–Trinajstić information content (AvgIpc) is 3.47. The van der Waals surface area contributed by atoms with Gasteiger partial charge in [-0.3, -0.25) is 4.99 Å². The maximum absolute atomic E-state index is 5.70. The zero-order valence-electron chi connectivity index (χ0n) is 15.4. The number of nitrogens with one attached hydrogen (secondary N) is 2. The lowest BCUT2D eigenvalue weighted by molar-refractivity contribution is 0.123. The Labute approximate surface area is 151 Å². The molecule has 6 nitrogen and oxygen atoms in total. The van der Waals surface area contributed by atoms with E-state index in [-0.39, 0.29) is 0 Å². The number of methoxy groups -OCH3 is 1. The molecule has 0 unspecified atom stereocenters. The maximum Gasteiger partial charge on any atom is 0.190 e. The second-order valence-corrected chi connectivity index (χ2v) is 6.18. The van der Waals surface area contributed by atoms with Gasteiger partial charge in [-0.05, 0) is 55.9 Å². The Morgan fingerprint density at radius 3 is 2.28 bits per heavy atom. The van der Waals surface area contributed by atoms with Gasteiger partial charge in [0.2, 0.25) is 0 Å². The number of benzene rings is 1. The van der Waals surface area contributed by atoms with Gasteiger partial charge >= 0.3 is 0 Å². The third-order valence-electron chi connectivity index (χ3n) is 3.97. The van der Waals surface area contributed by atoms with Gasteiger partial charge < -0.3 is 24.8 Å². The van der Waals surface area contributed by atoms with Crippen LogP contribution in [-0.4, -0.2) is 53.0 Å². The second-order valence-electron chi connectivity index (χ2n) is 6.18. The first-order valence-corrected chi connectivity index (χ1v) is 9.11. The number of aliphatic imine (C=N–C) groups is 1. The summed E-state index contributed by atoms with van der Waals surface area (Å²) in [7, 11) is 3.44. The van der Waals surface area contributed by atoms with Gasteiger partial charge in [0.05, 0.1) is 13.7 Å². The minimum absolute atomic E-state index is 0.658. The van der Waals surface area contributed by atoms with E-state index in [2.05, 4.69) is 15.6 Å². The van der Waals surface area contributed by atoms with Crippen molar-refractivity contribution in [3.8, 4) is 11.5 Å². The highest BCUT2D eigenvalue weighted by Crippen LogP contribution is 2.28. The monoisotopic (exact) mass is 349 g/mol. The molecule has 0 heterocycles. The quantitative estimate of drug-likeness (QED) is 0.345. The summed E-state index contributed by atoms with van der Waals surface area (Å²) in [6, 6.07) is 7.62. The van der Waals surface area contributed by atoms with E-state index in [0.717, 1.165) is 62.5 Å².